The molecule has 162 valence electrons. The molecule has 2 aliphatic carbocycles. The maximum absolute atomic E-state index is 11.2. The third-order valence-corrected chi connectivity index (χ3v) is 7.45. The van der Waals surface area contributed by atoms with Crippen LogP contribution < -0.4 is 15.5 Å². The van der Waals surface area contributed by atoms with Gasteiger partial charge in [-0.05, 0) is 44.7 Å². The molecule has 6 rings (SSSR count). The first kappa shape index (κ1) is 19.7. The van der Waals surface area contributed by atoms with E-state index in [-0.39, 0.29) is 11.2 Å². The van der Waals surface area contributed by atoms with E-state index in [1.807, 2.05) is 6.07 Å². The molecule has 0 amide bonds. The van der Waals surface area contributed by atoms with Crippen LogP contribution in [0.1, 0.15) is 43.7 Å². The molecule has 0 spiro atoms. The molecule has 2 saturated heterocycles. The van der Waals surface area contributed by atoms with Crippen molar-refractivity contribution in [2.45, 2.75) is 44.1 Å². The lowest BCUT2D eigenvalue weighted by Crippen LogP contribution is -2.42. The zero-order chi connectivity index (χ0) is 20.8. The number of anilines is 3. The third kappa shape index (κ3) is 4.29. The fourth-order valence-electron chi connectivity index (χ4n) is 4.72. The summed E-state index contributed by atoms with van der Waals surface area (Å²) in [5.74, 6) is 3.20. The molecule has 0 unspecified atom stereocenters. The van der Waals surface area contributed by atoms with Gasteiger partial charge in [-0.2, -0.15) is 10.1 Å². The van der Waals surface area contributed by atoms with E-state index in [0.717, 1.165) is 50.1 Å². The highest BCUT2D eigenvalue weighted by atomic mass is 32.2. The Hall–Kier alpha value is -2.20. The van der Waals surface area contributed by atoms with E-state index in [0.29, 0.717) is 18.4 Å². The minimum Gasteiger partial charge on any atom is -0.337 e. The van der Waals surface area contributed by atoms with Crippen LogP contribution in [0.5, 0.6) is 0 Å². The standard InChI is InChI=1S/C20H29N7O2S/c1-30(28,29)8-2-6-21-12-20-10-15(11-20)27(13-20)19-22-7-5-17(24-19)23-18-9-16(25-26-18)14-3-4-14/h5,7,9,14-15,21H,2-4,6,8,10-13H2,1H3,(H2,22,23,24,25,26). The molecule has 2 aliphatic heterocycles. The SMILES string of the molecule is CS(=O)(=O)CCCNCC12CC(C1)N(c1nccc(Nc3cc(C4CC4)[nH]n3)n1)C2. The summed E-state index contributed by atoms with van der Waals surface area (Å²) >= 11 is 0. The Balaban J connectivity index is 1.15. The van der Waals surface area contributed by atoms with Crippen molar-refractivity contribution < 1.29 is 8.42 Å². The number of hydrogen-bond acceptors (Lipinski definition) is 8. The first-order chi connectivity index (χ1) is 14.4. The van der Waals surface area contributed by atoms with Crippen molar-refractivity contribution in [1.82, 2.24) is 25.5 Å². The van der Waals surface area contributed by atoms with Crippen LogP contribution in [0.25, 0.3) is 0 Å². The maximum Gasteiger partial charge on any atom is 0.227 e. The number of H-pyrrole nitrogens is 1. The summed E-state index contributed by atoms with van der Waals surface area (Å²) in [4.78, 5) is 11.5. The third-order valence-electron chi connectivity index (χ3n) is 6.42. The molecule has 0 radical (unpaired) electrons. The molecule has 0 aromatic carbocycles. The lowest BCUT2D eigenvalue weighted by Gasteiger charge is -2.37. The molecule has 2 aromatic rings. The molecule has 0 atom stereocenters. The maximum atomic E-state index is 11.2. The van der Waals surface area contributed by atoms with Crippen LogP contribution in [0.4, 0.5) is 17.6 Å². The molecular formula is C20H29N7O2S. The van der Waals surface area contributed by atoms with Gasteiger partial charge in [0.05, 0.1) is 5.75 Å². The lowest BCUT2D eigenvalue weighted by atomic mass is 9.70. The van der Waals surface area contributed by atoms with E-state index < -0.39 is 9.84 Å². The second kappa shape index (κ2) is 7.49. The van der Waals surface area contributed by atoms with Crippen molar-refractivity contribution in [1.29, 1.82) is 0 Å². The summed E-state index contributed by atoms with van der Waals surface area (Å²) in [6, 6.07) is 4.43. The monoisotopic (exact) mass is 431 g/mol. The fourth-order valence-corrected chi connectivity index (χ4v) is 5.39. The predicted molar refractivity (Wildman–Crippen MR) is 116 cm³/mol. The van der Waals surface area contributed by atoms with Crippen molar-refractivity contribution in [3.63, 3.8) is 0 Å². The molecule has 30 heavy (non-hydrogen) atoms. The molecule has 10 heteroatoms. The molecule has 4 fully saturated rings. The summed E-state index contributed by atoms with van der Waals surface area (Å²) in [5.41, 5.74) is 1.45. The molecule has 2 aromatic heterocycles. The van der Waals surface area contributed by atoms with Crippen molar-refractivity contribution in [3.8, 4) is 0 Å². The molecule has 9 nitrogen and oxygen atoms in total. The van der Waals surface area contributed by atoms with E-state index >= 15 is 0 Å². The number of sulfone groups is 1. The highest BCUT2D eigenvalue weighted by Gasteiger charge is 2.55. The van der Waals surface area contributed by atoms with E-state index in [2.05, 4.69) is 36.8 Å². The number of aromatic amines is 1. The smallest absolute Gasteiger partial charge is 0.227 e. The minimum absolute atomic E-state index is 0.244. The van der Waals surface area contributed by atoms with Crippen LogP contribution >= 0.6 is 0 Å². The quantitative estimate of drug-likeness (QED) is 0.488. The van der Waals surface area contributed by atoms with Gasteiger partial charge in [-0.1, -0.05) is 0 Å². The van der Waals surface area contributed by atoms with Crippen molar-refractivity contribution >= 4 is 27.4 Å². The van der Waals surface area contributed by atoms with Crippen molar-refractivity contribution in [3.05, 3.63) is 24.0 Å². The zero-order valence-corrected chi connectivity index (χ0v) is 18.1. The number of aromatic nitrogens is 4. The Morgan fingerprint density at radius 1 is 1.30 bits per heavy atom. The molecular weight excluding hydrogens is 402 g/mol. The Labute approximate surface area is 177 Å². The first-order valence-electron chi connectivity index (χ1n) is 10.7. The van der Waals surface area contributed by atoms with Gasteiger partial charge < -0.3 is 15.5 Å². The Morgan fingerprint density at radius 3 is 2.90 bits per heavy atom. The predicted octanol–water partition coefficient (Wildman–Crippen LogP) is 1.81. The van der Waals surface area contributed by atoms with Gasteiger partial charge in [-0.15, -0.1) is 0 Å². The van der Waals surface area contributed by atoms with Crippen LogP contribution in [-0.2, 0) is 9.84 Å². The van der Waals surface area contributed by atoms with Gasteiger partial charge in [-0.25, -0.2) is 13.4 Å². The number of rotatable bonds is 10. The molecule has 2 saturated carbocycles. The summed E-state index contributed by atoms with van der Waals surface area (Å²) in [6.07, 6.45) is 8.50. The topological polar surface area (TPSA) is 116 Å². The Kier molecular flexibility index (Phi) is 4.93. The Morgan fingerprint density at radius 2 is 2.13 bits per heavy atom. The van der Waals surface area contributed by atoms with E-state index in [4.69, 9.17) is 4.98 Å². The number of nitrogens with zero attached hydrogens (tertiary/aromatic N) is 4. The van der Waals surface area contributed by atoms with Gasteiger partial charge in [0.2, 0.25) is 5.95 Å². The minimum atomic E-state index is -2.88. The second-order valence-electron chi connectivity index (χ2n) is 9.20. The van der Waals surface area contributed by atoms with Crippen LogP contribution in [0.15, 0.2) is 18.3 Å². The number of fused-ring (bicyclic) bond motifs is 1. The molecule has 4 aliphatic rings. The second-order valence-corrected chi connectivity index (χ2v) is 11.5. The van der Waals surface area contributed by atoms with Crippen LogP contribution in [0, 0.1) is 5.41 Å². The molecule has 3 N–H and O–H groups in total. The van der Waals surface area contributed by atoms with Crippen LogP contribution in [-0.4, -0.2) is 66.3 Å². The number of nitrogens with one attached hydrogen (secondary N) is 3. The van der Waals surface area contributed by atoms with Crippen LogP contribution in [0.2, 0.25) is 0 Å². The number of hydrogen-bond donors (Lipinski definition) is 3. The lowest BCUT2D eigenvalue weighted by molar-refractivity contribution is 0.192. The first-order valence-corrected chi connectivity index (χ1v) is 12.8. The molecule has 4 heterocycles. The Bertz CT molecular complexity index is 1010. The van der Waals surface area contributed by atoms with E-state index in [1.165, 1.54) is 24.8 Å². The van der Waals surface area contributed by atoms with E-state index in [9.17, 15) is 8.42 Å². The van der Waals surface area contributed by atoms with Gasteiger partial charge in [0.1, 0.15) is 15.7 Å². The average Bonchev–Trinajstić information content (AvgIpc) is 3.15. The van der Waals surface area contributed by atoms with Crippen LogP contribution in [0.3, 0.4) is 0 Å². The van der Waals surface area contributed by atoms with Gasteiger partial charge in [0.25, 0.3) is 0 Å². The van der Waals surface area contributed by atoms with Gasteiger partial charge in [0, 0.05) is 54.7 Å². The van der Waals surface area contributed by atoms with Gasteiger partial charge in [-0.3, -0.25) is 5.10 Å². The average molecular weight is 432 g/mol. The normalized spacial score (nSPS) is 25.4. The fraction of sp³-hybridized carbons (Fsp3) is 0.650. The highest BCUT2D eigenvalue weighted by Crippen LogP contribution is 2.52. The summed E-state index contributed by atoms with van der Waals surface area (Å²) < 4.78 is 22.5. The van der Waals surface area contributed by atoms with Gasteiger partial charge in [0.15, 0.2) is 5.82 Å². The van der Waals surface area contributed by atoms with Gasteiger partial charge >= 0.3 is 0 Å². The summed E-state index contributed by atoms with van der Waals surface area (Å²) in [6.45, 7) is 2.59. The molecule has 2 bridgehead atoms. The van der Waals surface area contributed by atoms with Crippen molar-refractivity contribution in [2.75, 3.05) is 41.9 Å². The summed E-state index contributed by atoms with van der Waals surface area (Å²) in [5, 5.41) is 14.2. The largest absolute Gasteiger partial charge is 0.337 e. The highest BCUT2D eigenvalue weighted by molar-refractivity contribution is 7.90. The zero-order valence-electron chi connectivity index (χ0n) is 17.3. The van der Waals surface area contributed by atoms with E-state index in [1.54, 1.807) is 6.20 Å². The van der Waals surface area contributed by atoms with Crippen molar-refractivity contribution in [2.24, 2.45) is 5.41 Å². The summed E-state index contributed by atoms with van der Waals surface area (Å²) in [7, 11) is -2.88.